The summed E-state index contributed by atoms with van der Waals surface area (Å²) in [6.45, 7) is 2.20. The van der Waals surface area contributed by atoms with Gasteiger partial charge in [0.1, 0.15) is 0 Å². The molecule has 0 bridgehead atoms. The summed E-state index contributed by atoms with van der Waals surface area (Å²) < 4.78 is 5.32. The molecule has 1 aromatic rings. The number of carbonyl (C=O) groups excluding carboxylic acids is 1. The Kier molecular flexibility index (Phi) is 4.06. The number of amides is 1. The zero-order valence-electron chi connectivity index (χ0n) is 9.71. The average Bonchev–Trinajstić information content (AvgIpc) is 2.40. The highest BCUT2D eigenvalue weighted by atomic mass is 16.5. The topological polar surface area (TPSA) is 68.5 Å². The second-order valence-corrected chi connectivity index (χ2v) is 4.09. The number of nitrogens with two attached hydrogens (primary N) is 1. The van der Waals surface area contributed by atoms with E-state index in [1.807, 2.05) is 17.0 Å². The zero-order valence-corrected chi connectivity index (χ0v) is 9.71. The minimum absolute atomic E-state index is 0.00733. The molecule has 0 spiro atoms. The molecule has 17 heavy (non-hydrogen) atoms. The fraction of sp³-hybridized carbons (Fsp3) is 0.500. The second-order valence-electron chi connectivity index (χ2n) is 4.09. The van der Waals surface area contributed by atoms with E-state index in [1.165, 1.54) is 0 Å². The SMILES string of the molecule is NCC1COCCN1C(=O)Cc1cccnc1. The summed E-state index contributed by atoms with van der Waals surface area (Å²) in [4.78, 5) is 17.9. The number of nitrogens with zero attached hydrogens (tertiary/aromatic N) is 2. The molecule has 1 aromatic heterocycles. The standard InChI is InChI=1S/C12H17N3O2/c13-7-11-9-17-5-4-15(11)12(16)6-10-2-1-3-14-8-10/h1-3,8,11H,4-7,9,13H2. The van der Waals surface area contributed by atoms with Crippen LogP contribution in [0.3, 0.4) is 0 Å². The van der Waals surface area contributed by atoms with E-state index in [0.717, 1.165) is 5.56 Å². The van der Waals surface area contributed by atoms with Gasteiger partial charge in [-0.05, 0) is 11.6 Å². The minimum atomic E-state index is 0.00733. The van der Waals surface area contributed by atoms with Gasteiger partial charge in [0, 0.05) is 25.5 Å². The number of rotatable bonds is 3. The number of hydrogen-bond acceptors (Lipinski definition) is 4. The van der Waals surface area contributed by atoms with Crippen molar-refractivity contribution in [3.05, 3.63) is 30.1 Å². The van der Waals surface area contributed by atoms with Gasteiger partial charge >= 0.3 is 0 Å². The van der Waals surface area contributed by atoms with Crippen LogP contribution in [0.15, 0.2) is 24.5 Å². The molecule has 2 N–H and O–H groups in total. The molecular weight excluding hydrogens is 218 g/mol. The highest BCUT2D eigenvalue weighted by Crippen LogP contribution is 2.09. The third kappa shape index (κ3) is 3.01. The van der Waals surface area contributed by atoms with Crippen LogP contribution in [0.2, 0.25) is 0 Å². The number of aromatic nitrogens is 1. The van der Waals surface area contributed by atoms with E-state index in [0.29, 0.717) is 32.7 Å². The Hall–Kier alpha value is -1.46. The molecule has 1 aliphatic heterocycles. The maximum Gasteiger partial charge on any atom is 0.227 e. The van der Waals surface area contributed by atoms with Gasteiger partial charge in [-0.25, -0.2) is 0 Å². The van der Waals surface area contributed by atoms with Crippen LogP contribution in [0.5, 0.6) is 0 Å². The van der Waals surface area contributed by atoms with Crippen molar-refractivity contribution in [3.8, 4) is 0 Å². The van der Waals surface area contributed by atoms with E-state index in [9.17, 15) is 4.79 Å². The van der Waals surface area contributed by atoms with Gasteiger partial charge in [0.25, 0.3) is 0 Å². The second kappa shape index (κ2) is 5.75. The summed E-state index contributed by atoms with van der Waals surface area (Å²) in [5.41, 5.74) is 6.57. The van der Waals surface area contributed by atoms with Gasteiger partial charge in [-0.1, -0.05) is 6.07 Å². The average molecular weight is 235 g/mol. The molecule has 0 radical (unpaired) electrons. The number of ether oxygens (including phenoxy) is 1. The van der Waals surface area contributed by atoms with E-state index >= 15 is 0 Å². The Morgan fingerprint density at radius 3 is 3.24 bits per heavy atom. The first-order chi connectivity index (χ1) is 8.31. The summed E-state index contributed by atoms with van der Waals surface area (Å²) in [7, 11) is 0. The first-order valence-electron chi connectivity index (χ1n) is 5.77. The Morgan fingerprint density at radius 1 is 1.65 bits per heavy atom. The van der Waals surface area contributed by atoms with Gasteiger partial charge in [0.15, 0.2) is 0 Å². The van der Waals surface area contributed by atoms with Crippen molar-refractivity contribution in [2.75, 3.05) is 26.3 Å². The Morgan fingerprint density at radius 2 is 2.53 bits per heavy atom. The summed E-state index contributed by atoms with van der Waals surface area (Å²) in [5.74, 6) is 0.0942. The largest absolute Gasteiger partial charge is 0.377 e. The molecule has 92 valence electrons. The Labute approximate surface area is 101 Å². The van der Waals surface area contributed by atoms with E-state index in [1.54, 1.807) is 12.4 Å². The lowest BCUT2D eigenvalue weighted by atomic mass is 10.1. The Bertz CT molecular complexity index is 369. The molecule has 1 aliphatic rings. The van der Waals surface area contributed by atoms with Crippen molar-refractivity contribution < 1.29 is 9.53 Å². The van der Waals surface area contributed by atoms with E-state index < -0.39 is 0 Å². The Balaban J connectivity index is 1.99. The van der Waals surface area contributed by atoms with Crippen molar-refractivity contribution in [1.29, 1.82) is 0 Å². The van der Waals surface area contributed by atoms with Gasteiger partial charge in [-0.2, -0.15) is 0 Å². The van der Waals surface area contributed by atoms with Gasteiger partial charge in [0.05, 0.1) is 25.7 Å². The third-order valence-electron chi connectivity index (χ3n) is 2.90. The highest BCUT2D eigenvalue weighted by molar-refractivity contribution is 5.79. The number of hydrogen-bond donors (Lipinski definition) is 1. The van der Waals surface area contributed by atoms with Crippen molar-refractivity contribution in [3.63, 3.8) is 0 Å². The predicted molar refractivity (Wildman–Crippen MR) is 63.3 cm³/mol. The predicted octanol–water partition coefficient (Wildman–Crippen LogP) is -0.190. The van der Waals surface area contributed by atoms with E-state index in [-0.39, 0.29) is 11.9 Å². The fourth-order valence-electron chi connectivity index (χ4n) is 1.96. The lowest BCUT2D eigenvalue weighted by Gasteiger charge is -2.35. The zero-order chi connectivity index (χ0) is 12.1. The maximum absolute atomic E-state index is 12.1. The van der Waals surface area contributed by atoms with Crippen LogP contribution in [-0.2, 0) is 16.0 Å². The molecule has 2 heterocycles. The van der Waals surface area contributed by atoms with Gasteiger partial charge in [-0.15, -0.1) is 0 Å². The molecule has 5 heteroatoms. The van der Waals surface area contributed by atoms with Gasteiger partial charge in [-0.3, -0.25) is 9.78 Å². The molecule has 1 amide bonds. The van der Waals surface area contributed by atoms with Crippen LogP contribution >= 0.6 is 0 Å². The number of pyridine rings is 1. The van der Waals surface area contributed by atoms with Crippen LogP contribution in [0.1, 0.15) is 5.56 Å². The molecular formula is C12H17N3O2. The molecule has 1 fully saturated rings. The molecule has 0 aliphatic carbocycles. The monoisotopic (exact) mass is 235 g/mol. The summed E-state index contributed by atoms with van der Waals surface area (Å²) in [6, 6.07) is 3.75. The number of carbonyl (C=O) groups is 1. The van der Waals surface area contributed by atoms with Crippen LogP contribution < -0.4 is 5.73 Å². The maximum atomic E-state index is 12.1. The van der Waals surface area contributed by atoms with E-state index in [2.05, 4.69) is 4.98 Å². The minimum Gasteiger partial charge on any atom is -0.377 e. The van der Waals surface area contributed by atoms with Crippen molar-refractivity contribution >= 4 is 5.91 Å². The van der Waals surface area contributed by atoms with Crippen LogP contribution in [0.25, 0.3) is 0 Å². The molecule has 1 unspecified atom stereocenters. The van der Waals surface area contributed by atoms with Crippen molar-refractivity contribution in [1.82, 2.24) is 9.88 Å². The quantitative estimate of drug-likeness (QED) is 0.788. The normalized spacial score (nSPS) is 20.3. The lowest BCUT2D eigenvalue weighted by molar-refractivity contribution is -0.138. The molecule has 0 aromatic carbocycles. The summed E-state index contributed by atoms with van der Waals surface area (Å²) in [5, 5.41) is 0. The van der Waals surface area contributed by atoms with E-state index in [4.69, 9.17) is 10.5 Å². The van der Waals surface area contributed by atoms with Crippen molar-refractivity contribution in [2.45, 2.75) is 12.5 Å². The van der Waals surface area contributed by atoms with Gasteiger partial charge in [0.2, 0.25) is 5.91 Å². The van der Waals surface area contributed by atoms with Crippen molar-refractivity contribution in [2.24, 2.45) is 5.73 Å². The lowest BCUT2D eigenvalue weighted by Crippen LogP contribution is -2.52. The van der Waals surface area contributed by atoms with Crippen LogP contribution in [0, 0.1) is 0 Å². The summed E-state index contributed by atoms with van der Waals surface area (Å²) in [6.07, 6.45) is 3.80. The molecule has 1 atom stereocenters. The highest BCUT2D eigenvalue weighted by Gasteiger charge is 2.25. The van der Waals surface area contributed by atoms with Crippen LogP contribution in [0.4, 0.5) is 0 Å². The first kappa shape index (κ1) is 12.0. The van der Waals surface area contributed by atoms with Crippen LogP contribution in [-0.4, -0.2) is 48.1 Å². The summed E-state index contributed by atoms with van der Waals surface area (Å²) >= 11 is 0. The smallest absolute Gasteiger partial charge is 0.227 e. The van der Waals surface area contributed by atoms with Gasteiger partial charge < -0.3 is 15.4 Å². The first-order valence-corrected chi connectivity index (χ1v) is 5.77. The molecule has 2 rings (SSSR count). The fourth-order valence-corrected chi connectivity index (χ4v) is 1.96. The molecule has 1 saturated heterocycles. The number of morpholine rings is 1. The molecule has 5 nitrogen and oxygen atoms in total. The molecule has 0 saturated carbocycles. The third-order valence-corrected chi connectivity index (χ3v) is 2.90.